The van der Waals surface area contributed by atoms with E-state index in [1.807, 2.05) is 5.32 Å². The molecule has 0 aromatic carbocycles. The Morgan fingerprint density at radius 2 is 1.29 bits per heavy atom. The van der Waals surface area contributed by atoms with Gasteiger partial charge in [-0.15, -0.1) is 0 Å². The summed E-state index contributed by atoms with van der Waals surface area (Å²) >= 11 is 0. The molecule has 0 saturated carbocycles. The van der Waals surface area contributed by atoms with E-state index in [-0.39, 0.29) is 0 Å². The molecule has 0 aliphatic carbocycles. The minimum Gasteiger partial charge on any atom is -0.479 e. The van der Waals surface area contributed by atoms with E-state index in [2.05, 4.69) is 6.92 Å². The number of hydrogen-bond acceptors (Lipinski definition) is 3. The van der Waals surface area contributed by atoms with Gasteiger partial charge in [-0.1, -0.05) is 77.2 Å². The van der Waals surface area contributed by atoms with Crippen LogP contribution in [0.3, 0.4) is 0 Å². The van der Waals surface area contributed by atoms with Crippen LogP contribution in [0.5, 0.6) is 0 Å². The maximum atomic E-state index is 14.1. The van der Waals surface area contributed by atoms with Crippen molar-refractivity contribution in [3.8, 4) is 0 Å². The molecule has 0 fully saturated rings. The molecular weight excluding hydrogens is 365 g/mol. The van der Waals surface area contributed by atoms with Gasteiger partial charge in [0.1, 0.15) is 0 Å². The van der Waals surface area contributed by atoms with Crippen molar-refractivity contribution in [1.29, 1.82) is 0 Å². The van der Waals surface area contributed by atoms with Crippen LogP contribution in [0.4, 0.5) is 4.39 Å². The van der Waals surface area contributed by atoms with Crippen LogP contribution in [0.1, 0.15) is 97.3 Å². The summed E-state index contributed by atoms with van der Waals surface area (Å²) in [5.74, 6) is -5.28. The number of amides is 1. The van der Waals surface area contributed by atoms with Crippen LogP contribution in [0, 0.1) is 0 Å². The number of carboxylic acid groups (broad SMARTS) is 2. The first-order valence-electron chi connectivity index (χ1n) is 10.4. The molecule has 0 aliphatic heterocycles. The van der Waals surface area contributed by atoms with Gasteiger partial charge < -0.3 is 15.5 Å². The highest BCUT2D eigenvalue weighted by atomic mass is 19.1. The molecule has 0 heterocycles. The normalized spacial score (nSPS) is 12.0. The third kappa shape index (κ3) is 11.0. The number of unbranched alkanes of at least 4 members (excludes halogenated alkanes) is 11. The van der Waals surface area contributed by atoms with Gasteiger partial charge in [0, 0.05) is 13.3 Å². The Hall–Kier alpha value is -1.92. The van der Waals surface area contributed by atoms with Crippen molar-refractivity contribution in [2.75, 3.05) is 0 Å². The van der Waals surface area contributed by atoms with Gasteiger partial charge in [-0.2, -0.15) is 0 Å². The lowest BCUT2D eigenvalue weighted by molar-refractivity contribution is -0.161. The summed E-state index contributed by atoms with van der Waals surface area (Å²) in [5, 5.41) is 20.2. The molecular formula is C21H36FNO5. The van der Waals surface area contributed by atoms with E-state index >= 15 is 0 Å². The van der Waals surface area contributed by atoms with Crippen molar-refractivity contribution >= 4 is 17.8 Å². The van der Waals surface area contributed by atoms with Crippen LogP contribution < -0.4 is 5.32 Å². The molecule has 7 heteroatoms. The first-order valence-corrected chi connectivity index (χ1v) is 10.4. The summed E-state index contributed by atoms with van der Waals surface area (Å²) in [5.41, 5.74) is -2.68. The summed E-state index contributed by atoms with van der Waals surface area (Å²) < 4.78 is 14.1. The van der Waals surface area contributed by atoms with Crippen LogP contribution >= 0.6 is 0 Å². The van der Waals surface area contributed by atoms with E-state index < -0.39 is 35.6 Å². The third-order valence-electron chi connectivity index (χ3n) is 4.73. The largest absolute Gasteiger partial charge is 0.479 e. The highest BCUT2D eigenvalue weighted by Crippen LogP contribution is 2.21. The molecule has 0 bridgehead atoms. The minimum atomic E-state index is -2.68. The van der Waals surface area contributed by atoms with Crippen molar-refractivity contribution < 1.29 is 29.0 Å². The molecule has 0 spiro atoms. The molecule has 0 aromatic rings. The number of aliphatic carboxylic acids is 2. The molecule has 6 nitrogen and oxygen atoms in total. The van der Waals surface area contributed by atoms with Crippen molar-refractivity contribution in [3.63, 3.8) is 0 Å². The van der Waals surface area contributed by atoms with E-state index in [0.717, 1.165) is 32.6 Å². The Labute approximate surface area is 167 Å². The summed E-state index contributed by atoms with van der Waals surface area (Å²) in [6, 6.07) is 0. The van der Waals surface area contributed by atoms with Gasteiger partial charge in [0.25, 0.3) is 0 Å². The van der Waals surface area contributed by atoms with E-state index in [0.29, 0.717) is 6.42 Å². The number of hydrogen-bond donors (Lipinski definition) is 3. The second kappa shape index (κ2) is 15.1. The van der Waals surface area contributed by atoms with Gasteiger partial charge in [-0.25, -0.2) is 14.0 Å². The van der Waals surface area contributed by atoms with E-state index in [4.69, 9.17) is 0 Å². The maximum absolute atomic E-state index is 14.1. The van der Waals surface area contributed by atoms with Gasteiger partial charge >= 0.3 is 11.9 Å². The van der Waals surface area contributed by atoms with Crippen molar-refractivity contribution in [2.24, 2.45) is 0 Å². The summed E-state index contributed by atoms with van der Waals surface area (Å²) in [7, 11) is 0. The fraction of sp³-hybridized carbons (Fsp3) is 0.762. The van der Waals surface area contributed by atoms with Crippen LogP contribution in [0.15, 0.2) is 11.9 Å². The van der Waals surface area contributed by atoms with Gasteiger partial charge in [-0.05, 0) is 12.8 Å². The molecule has 0 atom stereocenters. The minimum absolute atomic E-state index is 0.415. The summed E-state index contributed by atoms with van der Waals surface area (Å²) in [6.07, 6.45) is 13.6. The molecule has 162 valence electrons. The van der Waals surface area contributed by atoms with Gasteiger partial charge in [0.05, 0.1) is 5.83 Å². The van der Waals surface area contributed by atoms with E-state index in [1.54, 1.807) is 0 Å². The summed E-state index contributed by atoms with van der Waals surface area (Å²) in [4.78, 5) is 33.8. The highest BCUT2D eigenvalue weighted by Gasteiger charge is 2.48. The van der Waals surface area contributed by atoms with Crippen LogP contribution in [-0.2, 0) is 14.4 Å². The first-order chi connectivity index (χ1) is 13.3. The number of carboxylic acids is 2. The standard InChI is InChI=1S/C21H36FNO5/c1-3-4-5-6-7-8-9-10-11-12-13-14-15-18(22)16-21(19(25)26,20(27)28)23-17(2)24/h15H,3-14,16H2,1-2H3,(H,23,24)(H,25,26)(H,27,28). The number of halogens is 1. The van der Waals surface area contributed by atoms with Crippen LogP contribution in [-0.4, -0.2) is 33.6 Å². The lowest BCUT2D eigenvalue weighted by Gasteiger charge is -2.24. The molecule has 0 unspecified atom stereocenters. The Morgan fingerprint density at radius 1 is 0.857 bits per heavy atom. The van der Waals surface area contributed by atoms with Gasteiger partial charge in [0.2, 0.25) is 11.4 Å². The van der Waals surface area contributed by atoms with Crippen molar-refractivity contribution in [3.05, 3.63) is 11.9 Å². The molecule has 28 heavy (non-hydrogen) atoms. The number of allylic oxidation sites excluding steroid dienone is 1. The Kier molecular flexibility index (Phi) is 14.0. The highest BCUT2D eigenvalue weighted by molar-refractivity contribution is 6.06. The molecule has 1 amide bonds. The molecule has 0 aliphatic rings. The fourth-order valence-electron chi connectivity index (χ4n) is 3.09. The smallest absolute Gasteiger partial charge is 0.341 e. The average Bonchev–Trinajstić information content (AvgIpc) is 2.61. The lowest BCUT2D eigenvalue weighted by Crippen LogP contribution is -2.59. The monoisotopic (exact) mass is 401 g/mol. The van der Waals surface area contributed by atoms with Crippen molar-refractivity contribution in [2.45, 2.75) is 103 Å². The molecule has 0 rings (SSSR count). The SMILES string of the molecule is CCCCCCCCCCCCCC=C(F)CC(NC(C)=O)(C(=O)O)C(=O)O. The average molecular weight is 402 g/mol. The fourth-order valence-corrected chi connectivity index (χ4v) is 3.09. The first kappa shape index (κ1) is 26.1. The van der Waals surface area contributed by atoms with E-state index in [1.165, 1.54) is 51.0 Å². The Balaban J connectivity index is 4.12. The van der Waals surface area contributed by atoms with E-state index in [9.17, 15) is 29.0 Å². The predicted octanol–water partition coefficient (Wildman–Crippen LogP) is 4.98. The topological polar surface area (TPSA) is 104 Å². The molecule has 3 N–H and O–H groups in total. The zero-order valence-corrected chi connectivity index (χ0v) is 17.3. The van der Waals surface area contributed by atoms with Crippen LogP contribution in [0.2, 0.25) is 0 Å². The Morgan fingerprint density at radius 3 is 1.68 bits per heavy atom. The number of carbonyl (C=O) groups is 3. The lowest BCUT2D eigenvalue weighted by atomic mass is 9.94. The van der Waals surface area contributed by atoms with Gasteiger partial charge in [0.15, 0.2) is 0 Å². The number of carbonyl (C=O) groups excluding carboxylic acids is 1. The second-order valence-corrected chi connectivity index (χ2v) is 7.35. The van der Waals surface area contributed by atoms with Crippen molar-refractivity contribution in [1.82, 2.24) is 5.32 Å². The summed E-state index contributed by atoms with van der Waals surface area (Å²) in [6.45, 7) is 3.20. The number of rotatable bonds is 17. The molecule has 0 radical (unpaired) electrons. The Bertz CT molecular complexity index is 505. The number of nitrogens with one attached hydrogen (secondary N) is 1. The van der Waals surface area contributed by atoms with Gasteiger partial charge in [-0.3, -0.25) is 4.79 Å². The predicted molar refractivity (Wildman–Crippen MR) is 107 cm³/mol. The van der Waals surface area contributed by atoms with Crippen LogP contribution in [0.25, 0.3) is 0 Å². The second-order valence-electron chi connectivity index (χ2n) is 7.35. The zero-order valence-electron chi connectivity index (χ0n) is 17.3. The quantitative estimate of drug-likeness (QED) is 0.236. The molecule has 0 saturated heterocycles. The third-order valence-corrected chi connectivity index (χ3v) is 4.73. The molecule has 0 aromatic heterocycles. The zero-order chi connectivity index (χ0) is 21.4. The maximum Gasteiger partial charge on any atom is 0.341 e.